The van der Waals surface area contributed by atoms with E-state index in [1.165, 1.54) is 0 Å². The number of carbonyl (C=O) groups is 1. The summed E-state index contributed by atoms with van der Waals surface area (Å²) in [6.07, 6.45) is 4.69. The Balaban J connectivity index is 1.16. The van der Waals surface area contributed by atoms with Gasteiger partial charge < -0.3 is 24.2 Å². The Hall–Kier alpha value is -2.75. The molecule has 3 heterocycles. The van der Waals surface area contributed by atoms with Gasteiger partial charge in [0, 0.05) is 32.2 Å². The standard InChI is InChI=1S/C24H32F2N4O4/c1-16-14-19(5-6-20(16)21(31)27-18-9-13-32-15-18)33-12-3-4-17-7-10-30(11-8-17)23-28-22(34-29-23)24(2,25)26/h5-6,14,17-18H,3-4,7-13,15H2,1-2H3,(H,27,31). The van der Waals surface area contributed by atoms with Gasteiger partial charge in [-0.2, -0.15) is 13.8 Å². The maximum absolute atomic E-state index is 13.3. The fourth-order valence-corrected chi connectivity index (χ4v) is 4.40. The van der Waals surface area contributed by atoms with Gasteiger partial charge in [0.15, 0.2) is 0 Å². The molecule has 2 fully saturated rings. The largest absolute Gasteiger partial charge is 0.494 e. The van der Waals surface area contributed by atoms with E-state index in [1.54, 1.807) is 0 Å². The Bertz CT molecular complexity index is 964. The number of alkyl halides is 2. The van der Waals surface area contributed by atoms with E-state index in [1.807, 2.05) is 30.0 Å². The molecule has 0 aliphatic carbocycles. The molecule has 2 aromatic rings. The van der Waals surface area contributed by atoms with Crippen molar-refractivity contribution >= 4 is 11.9 Å². The van der Waals surface area contributed by atoms with Crippen molar-refractivity contribution in [1.29, 1.82) is 0 Å². The summed E-state index contributed by atoms with van der Waals surface area (Å²) in [5.74, 6) is -2.30. The van der Waals surface area contributed by atoms with Crippen LogP contribution in [0.3, 0.4) is 0 Å². The number of piperidine rings is 1. The summed E-state index contributed by atoms with van der Waals surface area (Å²) < 4.78 is 42.5. The molecular weight excluding hydrogens is 446 g/mol. The van der Waals surface area contributed by atoms with Crippen LogP contribution in [0.4, 0.5) is 14.7 Å². The van der Waals surface area contributed by atoms with Crippen molar-refractivity contribution in [1.82, 2.24) is 15.5 Å². The summed E-state index contributed by atoms with van der Waals surface area (Å²) in [6, 6.07) is 5.63. The van der Waals surface area contributed by atoms with Crippen LogP contribution in [0.25, 0.3) is 0 Å². The molecule has 1 aromatic heterocycles. The minimum absolute atomic E-state index is 0.0775. The van der Waals surface area contributed by atoms with Crippen LogP contribution < -0.4 is 15.0 Å². The van der Waals surface area contributed by atoms with Crippen molar-refractivity contribution < 1.29 is 27.6 Å². The molecular formula is C24H32F2N4O4. The number of hydrogen-bond acceptors (Lipinski definition) is 7. The summed E-state index contributed by atoms with van der Waals surface area (Å²) in [6.45, 7) is 5.96. The first-order valence-corrected chi connectivity index (χ1v) is 11.9. The third kappa shape index (κ3) is 6.22. The van der Waals surface area contributed by atoms with Gasteiger partial charge in [-0.3, -0.25) is 4.79 Å². The molecule has 1 aromatic carbocycles. The average molecular weight is 479 g/mol. The highest BCUT2D eigenvalue weighted by molar-refractivity contribution is 5.96. The second-order valence-electron chi connectivity index (χ2n) is 9.22. The maximum Gasteiger partial charge on any atom is 0.322 e. The van der Waals surface area contributed by atoms with E-state index < -0.39 is 11.8 Å². The van der Waals surface area contributed by atoms with E-state index in [4.69, 9.17) is 14.0 Å². The molecule has 4 rings (SSSR count). The lowest BCUT2D eigenvalue weighted by Crippen LogP contribution is -2.35. The Labute approximate surface area is 198 Å². The van der Waals surface area contributed by atoms with Crippen molar-refractivity contribution in [2.75, 3.05) is 37.8 Å². The van der Waals surface area contributed by atoms with Crippen LogP contribution in [0.5, 0.6) is 5.75 Å². The van der Waals surface area contributed by atoms with Crippen LogP contribution in [0.1, 0.15) is 60.8 Å². The number of benzene rings is 1. The number of ether oxygens (including phenoxy) is 2. The Kier molecular flexibility index (Phi) is 7.65. The number of rotatable bonds is 9. The zero-order valence-electron chi connectivity index (χ0n) is 19.7. The average Bonchev–Trinajstić information content (AvgIpc) is 3.49. The van der Waals surface area contributed by atoms with Crippen molar-refractivity contribution in [3.8, 4) is 5.75 Å². The Morgan fingerprint density at radius 2 is 2.09 bits per heavy atom. The van der Waals surface area contributed by atoms with Gasteiger partial charge in [0.05, 0.1) is 19.3 Å². The molecule has 34 heavy (non-hydrogen) atoms. The van der Waals surface area contributed by atoms with Crippen LogP contribution in [0, 0.1) is 12.8 Å². The van der Waals surface area contributed by atoms with E-state index in [9.17, 15) is 13.6 Å². The van der Waals surface area contributed by atoms with E-state index in [-0.39, 0.29) is 17.9 Å². The molecule has 2 saturated heterocycles. The van der Waals surface area contributed by atoms with Crippen molar-refractivity contribution in [2.45, 2.75) is 57.9 Å². The molecule has 1 atom stereocenters. The fourth-order valence-electron chi connectivity index (χ4n) is 4.40. The van der Waals surface area contributed by atoms with Gasteiger partial charge in [-0.05, 0) is 73.9 Å². The van der Waals surface area contributed by atoms with Gasteiger partial charge in [0.1, 0.15) is 5.75 Å². The van der Waals surface area contributed by atoms with E-state index in [0.29, 0.717) is 31.3 Å². The molecule has 8 nitrogen and oxygen atoms in total. The third-order valence-corrected chi connectivity index (χ3v) is 6.42. The number of amides is 1. The second kappa shape index (κ2) is 10.7. The first-order valence-electron chi connectivity index (χ1n) is 11.9. The van der Waals surface area contributed by atoms with Crippen LogP contribution in [0.2, 0.25) is 0 Å². The summed E-state index contributed by atoms with van der Waals surface area (Å²) in [5.41, 5.74) is 1.54. The molecule has 2 aliphatic rings. The molecule has 0 bridgehead atoms. The van der Waals surface area contributed by atoms with Crippen LogP contribution in [0.15, 0.2) is 22.7 Å². The Morgan fingerprint density at radius 1 is 1.29 bits per heavy atom. The summed E-state index contributed by atoms with van der Waals surface area (Å²) in [5, 5.41) is 6.71. The van der Waals surface area contributed by atoms with Crippen LogP contribution in [-0.4, -0.2) is 55.0 Å². The van der Waals surface area contributed by atoms with Gasteiger partial charge in [-0.25, -0.2) is 0 Å². The van der Waals surface area contributed by atoms with E-state index >= 15 is 0 Å². The SMILES string of the molecule is Cc1cc(OCCCC2CCN(c3noc(C(C)(F)F)n3)CC2)ccc1C(=O)NC1CCOC1. The minimum Gasteiger partial charge on any atom is -0.494 e. The number of aromatic nitrogens is 2. The van der Waals surface area contributed by atoms with Crippen LogP contribution >= 0.6 is 0 Å². The number of anilines is 1. The number of nitrogens with zero attached hydrogens (tertiary/aromatic N) is 3. The van der Waals surface area contributed by atoms with Gasteiger partial charge in [-0.15, -0.1) is 0 Å². The number of halogens is 2. The normalized spacial score (nSPS) is 19.4. The molecule has 186 valence electrons. The lowest BCUT2D eigenvalue weighted by molar-refractivity contribution is -0.0158. The highest BCUT2D eigenvalue weighted by Crippen LogP contribution is 2.29. The fraction of sp³-hybridized carbons (Fsp3) is 0.625. The number of aryl methyl sites for hydroxylation is 1. The zero-order chi connectivity index (χ0) is 24.1. The lowest BCUT2D eigenvalue weighted by atomic mass is 9.92. The highest BCUT2D eigenvalue weighted by Gasteiger charge is 2.33. The molecule has 0 spiro atoms. The molecule has 1 unspecified atom stereocenters. The zero-order valence-corrected chi connectivity index (χ0v) is 19.7. The second-order valence-corrected chi connectivity index (χ2v) is 9.22. The predicted molar refractivity (Wildman–Crippen MR) is 121 cm³/mol. The smallest absolute Gasteiger partial charge is 0.322 e. The number of nitrogens with one attached hydrogen (secondary N) is 1. The minimum atomic E-state index is -3.13. The summed E-state index contributed by atoms with van der Waals surface area (Å²) in [4.78, 5) is 18.2. The molecule has 1 amide bonds. The first-order chi connectivity index (χ1) is 16.3. The molecule has 2 aliphatic heterocycles. The highest BCUT2D eigenvalue weighted by atomic mass is 19.3. The van der Waals surface area contributed by atoms with Crippen LogP contribution in [-0.2, 0) is 10.7 Å². The van der Waals surface area contributed by atoms with E-state index in [2.05, 4.69) is 15.5 Å². The summed E-state index contributed by atoms with van der Waals surface area (Å²) >= 11 is 0. The topological polar surface area (TPSA) is 89.7 Å². The number of hydrogen-bond donors (Lipinski definition) is 1. The van der Waals surface area contributed by atoms with Crippen molar-refractivity contribution in [3.05, 3.63) is 35.2 Å². The molecule has 0 radical (unpaired) electrons. The monoisotopic (exact) mass is 478 g/mol. The van der Waals surface area contributed by atoms with Gasteiger partial charge in [0.25, 0.3) is 17.7 Å². The molecule has 1 N–H and O–H groups in total. The van der Waals surface area contributed by atoms with Crippen molar-refractivity contribution in [2.24, 2.45) is 5.92 Å². The van der Waals surface area contributed by atoms with Gasteiger partial charge in [-0.1, -0.05) is 0 Å². The predicted octanol–water partition coefficient (Wildman–Crippen LogP) is 4.08. The molecule has 10 heteroatoms. The number of carbonyl (C=O) groups excluding carboxylic acids is 1. The van der Waals surface area contributed by atoms with E-state index in [0.717, 1.165) is 63.4 Å². The Morgan fingerprint density at radius 3 is 2.74 bits per heavy atom. The quantitative estimate of drug-likeness (QED) is 0.543. The lowest BCUT2D eigenvalue weighted by Gasteiger charge is -2.30. The maximum atomic E-state index is 13.3. The first kappa shape index (κ1) is 24.4. The van der Waals surface area contributed by atoms with Gasteiger partial charge in [0.2, 0.25) is 0 Å². The van der Waals surface area contributed by atoms with Gasteiger partial charge >= 0.3 is 5.92 Å². The van der Waals surface area contributed by atoms with Crippen molar-refractivity contribution in [3.63, 3.8) is 0 Å². The summed E-state index contributed by atoms with van der Waals surface area (Å²) in [7, 11) is 0. The third-order valence-electron chi connectivity index (χ3n) is 6.42. The molecule has 0 saturated carbocycles.